The van der Waals surface area contributed by atoms with Crippen molar-refractivity contribution in [1.29, 1.82) is 0 Å². The molecular weight excluding hydrogens is 465 g/mol. The highest BCUT2D eigenvalue weighted by Crippen LogP contribution is 2.54. The molecule has 4 fully saturated rings. The standard InChI is InChI=1S/C12H12F3N3.C12H19NO2S/c1-8(2)18-4-3-11(17-18)9-5-10(7-16-6-9)12(13,14)15;14-16(15)7-12(8-16)1-2-13(6-12)11-4-9-3-10(9)5-11/h3-8H,1-2H3;9-11H,1-8H2/t;9-,10+,11?. The van der Waals surface area contributed by atoms with Gasteiger partial charge in [-0.3, -0.25) is 14.6 Å². The van der Waals surface area contributed by atoms with Gasteiger partial charge in [-0.1, -0.05) is 0 Å². The third-order valence-corrected chi connectivity index (χ3v) is 9.86. The van der Waals surface area contributed by atoms with Gasteiger partial charge in [0.15, 0.2) is 9.84 Å². The summed E-state index contributed by atoms with van der Waals surface area (Å²) in [6.45, 7) is 6.11. The molecule has 2 aromatic heterocycles. The fourth-order valence-electron chi connectivity index (χ4n) is 5.90. The number of rotatable bonds is 3. The van der Waals surface area contributed by atoms with Gasteiger partial charge in [-0.15, -0.1) is 0 Å². The van der Waals surface area contributed by atoms with E-state index in [9.17, 15) is 21.6 Å². The summed E-state index contributed by atoms with van der Waals surface area (Å²) in [5.41, 5.74) is 0.261. The highest BCUT2D eigenvalue weighted by Gasteiger charge is 2.55. The predicted molar refractivity (Wildman–Crippen MR) is 123 cm³/mol. The van der Waals surface area contributed by atoms with Crippen molar-refractivity contribution in [3.8, 4) is 11.3 Å². The minimum atomic E-state index is -4.39. The summed E-state index contributed by atoms with van der Waals surface area (Å²) < 4.78 is 62.0. The first-order valence-electron chi connectivity index (χ1n) is 12.0. The Morgan fingerprint density at radius 2 is 1.82 bits per heavy atom. The number of pyridine rings is 1. The average molecular weight is 497 g/mol. The van der Waals surface area contributed by atoms with E-state index in [4.69, 9.17) is 0 Å². The van der Waals surface area contributed by atoms with Crippen molar-refractivity contribution in [1.82, 2.24) is 19.7 Å². The number of aromatic nitrogens is 3. The summed E-state index contributed by atoms with van der Waals surface area (Å²) in [5.74, 6) is 3.00. The van der Waals surface area contributed by atoms with E-state index in [0.29, 0.717) is 22.8 Å². The van der Waals surface area contributed by atoms with E-state index in [-0.39, 0.29) is 11.5 Å². The van der Waals surface area contributed by atoms with Gasteiger partial charge in [-0.2, -0.15) is 18.3 Å². The first-order chi connectivity index (χ1) is 15.9. The van der Waals surface area contributed by atoms with Crippen molar-refractivity contribution in [2.45, 2.75) is 57.8 Å². The Hall–Kier alpha value is -1.94. The number of fused-ring (bicyclic) bond motifs is 1. The smallest absolute Gasteiger partial charge is 0.300 e. The third kappa shape index (κ3) is 4.89. The Balaban J connectivity index is 0.000000142. The van der Waals surface area contributed by atoms with E-state index < -0.39 is 21.6 Å². The number of likely N-dealkylation sites (tertiary alicyclic amines) is 1. The Morgan fingerprint density at radius 3 is 2.41 bits per heavy atom. The van der Waals surface area contributed by atoms with E-state index in [0.717, 1.165) is 49.7 Å². The van der Waals surface area contributed by atoms with Crippen molar-refractivity contribution in [3.05, 3.63) is 36.3 Å². The third-order valence-electron chi connectivity index (χ3n) is 7.75. The molecule has 1 unspecified atom stereocenters. The molecule has 0 bridgehead atoms. The Bertz CT molecular complexity index is 1140. The molecule has 2 aromatic rings. The lowest BCUT2D eigenvalue weighted by atomic mass is 9.91. The van der Waals surface area contributed by atoms with Crippen molar-refractivity contribution >= 4 is 9.84 Å². The lowest BCUT2D eigenvalue weighted by molar-refractivity contribution is -0.137. The van der Waals surface area contributed by atoms with Crippen molar-refractivity contribution in [2.24, 2.45) is 17.3 Å². The highest BCUT2D eigenvalue weighted by atomic mass is 32.2. The molecule has 0 radical (unpaired) electrons. The average Bonchev–Trinajstić information content (AvgIpc) is 3.16. The SMILES string of the molecule is CC(C)n1ccc(-c2cncc(C(F)(F)F)c2)n1.O=S1(=O)CC2(CCN(C3C[C@@H]4C[C@@H]4C3)C2)C1. The number of hydrogen-bond donors (Lipinski definition) is 0. The van der Waals surface area contributed by atoms with Crippen molar-refractivity contribution in [2.75, 3.05) is 24.6 Å². The zero-order chi connectivity index (χ0) is 24.3. The number of alkyl halides is 3. The first kappa shape index (κ1) is 23.8. The molecule has 186 valence electrons. The molecule has 10 heteroatoms. The lowest BCUT2D eigenvalue weighted by Crippen LogP contribution is -2.50. The van der Waals surface area contributed by atoms with Crippen LogP contribution in [0.15, 0.2) is 30.7 Å². The molecule has 3 atom stereocenters. The normalized spacial score (nSPS) is 28.9. The van der Waals surface area contributed by atoms with Gasteiger partial charge in [0.1, 0.15) is 0 Å². The van der Waals surface area contributed by atoms with Gasteiger partial charge < -0.3 is 0 Å². The van der Waals surface area contributed by atoms with Crippen LogP contribution < -0.4 is 0 Å². The lowest BCUT2D eigenvalue weighted by Gasteiger charge is -2.38. The second-order valence-corrected chi connectivity index (χ2v) is 12.9. The van der Waals surface area contributed by atoms with E-state index in [2.05, 4.69) is 15.0 Å². The molecule has 34 heavy (non-hydrogen) atoms. The minimum absolute atomic E-state index is 0.164. The molecule has 4 aliphatic rings. The Labute approximate surface area is 198 Å². The maximum Gasteiger partial charge on any atom is 0.417 e. The molecule has 0 amide bonds. The summed E-state index contributed by atoms with van der Waals surface area (Å²) in [4.78, 5) is 6.21. The molecule has 2 saturated carbocycles. The summed E-state index contributed by atoms with van der Waals surface area (Å²) in [7, 11) is -2.65. The van der Waals surface area contributed by atoms with Crippen LogP contribution in [0.1, 0.15) is 51.1 Å². The molecule has 0 aromatic carbocycles. The number of hydrogen-bond acceptors (Lipinski definition) is 5. The van der Waals surface area contributed by atoms with Crippen molar-refractivity contribution in [3.63, 3.8) is 0 Å². The summed E-state index contributed by atoms with van der Waals surface area (Å²) in [6, 6.07) is 3.70. The maximum atomic E-state index is 12.6. The number of nitrogens with zero attached hydrogens (tertiary/aromatic N) is 4. The van der Waals surface area contributed by atoms with E-state index in [1.165, 1.54) is 25.5 Å². The van der Waals surface area contributed by atoms with E-state index in [1.807, 2.05) is 13.8 Å². The van der Waals surface area contributed by atoms with Crippen molar-refractivity contribution < 1.29 is 21.6 Å². The zero-order valence-electron chi connectivity index (χ0n) is 19.5. The minimum Gasteiger partial charge on any atom is -0.300 e. The Morgan fingerprint density at radius 1 is 1.12 bits per heavy atom. The van der Waals surface area contributed by atoms with Crippen LogP contribution in [0.5, 0.6) is 0 Å². The second kappa shape index (κ2) is 8.33. The molecular formula is C24H31F3N4O2S. The Kier molecular flexibility index (Phi) is 5.82. The summed E-state index contributed by atoms with van der Waals surface area (Å²) >= 11 is 0. The molecule has 2 aliphatic carbocycles. The maximum absolute atomic E-state index is 12.6. The van der Waals surface area contributed by atoms with Gasteiger partial charge in [-0.25, -0.2) is 8.42 Å². The van der Waals surface area contributed by atoms with Gasteiger partial charge in [-0.05, 0) is 70.0 Å². The summed E-state index contributed by atoms with van der Waals surface area (Å²) in [6.07, 6.45) is 4.93. The molecule has 4 heterocycles. The van der Waals surface area contributed by atoms with Gasteiger partial charge in [0.25, 0.3) is 0 Å². The second-order valence-electron chi connectivity index (χ2n) is 10.9. The summed E-state index contributed by atoms with van der Waals surface area (Å²) in [5, 5.41) is 4.21. The van der Waals surface area contributed by atoms with Gasteiger partial charge in [0.2, 0.25) is 0 Å². The van der Waals surface area contributed by atoms with Crippen LogP contribution in [0.2, 0.25) is 0 Å². The van der Waals surface area contributed by atoms with Gasteiger partial charge in [0.05, 0.1) is 22.8 Å². The molecule has 1 spiro atoms. The van der Waals surface area contributed by atoms with Crippen LogP contribution in [0.25, 0.3) is 11.3 Å². The molecule has 6 rings (SSSR count). The zero-order valence-corrected chi connectivity index (χ0v) is 20.3. The fraction of sp³-hybridized carbons (Fsp3) is 0.667. The predicted octanol–water partition coefficient (Wildman–Crippen LogP) is 4.45. The van der Waals surface area contributed by atoms with Gasteiger partial charge >= 0.3 is 6.18 Å². The van der Waals surface area contributed by atoms with Crippen LogP contribution in [0.4, 0.5) is 13.2 Å². The number of sulfone groups is 1. The fourth-order valence-corrected chi connectivity index (χ4v) is 8.16. The van der Waals surface area contributed by atoms with Crippen LogP contribution in [-0.4, -0.2) is 58.7 Å². The monoisotopic (exact) mass is 496 g/mol. The van der Waals surface area contributed by atoms with Crippen LogP contribution in [0.3, 0.4) is 0 Å². The topological polar surface area (TPSA) is 68.1 Å². The van der Waals surface area contributed by atoms with E-state index >= 15 is 0 Å². The first-order valence-corrected chi connectivity index (χ1v) is 13.8. The van der Waals surface area contributed by atoms with Crippen LogP contribution in [-0.2, 0) is 16.0 Å². The quantitative estimate of drug-likeness (QED) is 0.628. The molecule has 2 saturated heterocycles. The molecule has 2 aliphatic heterocycles. The molecule has 0 N–H and O–H groups in total. The molecule has 6 nitrogen and oxygen atoms in total. The van der Waals surface area contributed by atoms with Gasteiger partial charge in [0, 0.05) is 48.2 Å². The number of halogens is 3. The largest absolute Gasteiger partial charge is 0.417 e. The van der Waals surface area contributed by atoms with Crippen LogP contribution >= 0.6 is 0 Å². The van der Waals surface area contributed by atoms with Crippen LogP contribution in [0, 0.1) is 17.3 Å². The van der Waals surface area contributed by atoms with E-state index in [1.54, 1.807) is 16.9 Å². The highest BCUT2D eigenvalue weighted by molar-refractivity contribution is 7.92.